The Morgan fingerprint density at radius 2 is 2.00 bits per heavy atom. The number of halogens is 2. The van der Waals surface area contributed by atoms with Gasteiger partial charge in [0.2, 0.25) is 0 Å². The lowest BCUT2D eigenvalue weighted by Crippen LogP contribution is -2.48. The van der Waals surface area contributed by atoms with E-state index in [4.69, 9.17) is 4.74 Å². The van der Waals surface area contributed by atoms with Gasteiger partial charge in [-0.1, -0.05) is 13.0 Å². The van der Waals surface area contributed by atoms with Crippen LogP contribution in [-0.2, 0) is 11.2 Å². The van der Waals surface area contributed by atoms with Crippen LogP contribution in [0.4, 0.5) is 14.5 Å². The molecule has 1 saturated heterocycles. The molecule has 2 aliphatic carbocycles. The van der Waals surface area contributed by atoms with Crippen molar-refractivity contribution in [1.29, 1.82) is 0 Å². The largest absolute Gasteiger partial charge is 0.368 e. The number of methoxy groups -OCH3 is 1. The molecule has 3 fully saturated rings. The Morgan fingerprint density at radius 3 is 2.64 bits per heavy atom. The lowest BCUT2D eigenvalue weighted by Gasteiger charge is -2.37. The third kappa shape index (κ3) is 5.19. The van der Waals surface area contributed by atoms with Crippen molar-refractivity contribution in [3.63, 3.8) is 0 Å². The summed E-state index contributed by atoms with van der Waals surface area (Å²) in [5.41, 5.74) is 4.11. The van der Waals surface area contributed by atoms with Crippen LogP contribution in [0.2, 0.25) is 0 Å². The lowest BCUT2D eigenvalue weighted by atomic mass is 9.98. The number of aromatic nitrogens is 2. The molecule has 2 saturated carbocycles. The van der Waals surface area contributed by atoms with Gasteiger partial charge >= 0.3 is 0 Å². The van der Waals surface area contributed by atoms with Gasteiger partial charge in [-0.25, -0.2) is 8.78 Å². The smallest absolute Gasteiger partial charge is 0.251 e. The van der Waals surface area contributed by atoms with Crippen LogP contribution < -0.4 is 15.8 Å². The molecule has 2 N–H and O–H groups in total. The Hall–Kier alpha value is -2.36. The van der Waals surface area contributed by atoms with Gasteiger partial charge in [-0.15, -0.1) is 0 Å². The van der Waals surface area contributed by atoms with Crippen LogP contribution >= 0.6 is 0 Å². The number of H-pyrrole nitrogens is 1. The zero-order chi connectivity index (χ0) is 25.3. The van der Waals surface area contributed by atoms with Gasteiger partial charge in [0.1, 0.15) is 0 Å². The number of hydrogen-bond acceptors (Lipinski definition) is 6. The van der Waals surface area contributed by atoms with Crippen LogP contribution in [-0.4, -0.2) is 67.2 Å². The fourth-order valence-electron chi connectivity index (χ4n) is 6.32. The molecular weight excluding hydrogens is 464 g/mol. The molecular formula is C27H37F2N5O2. The number of alkyl halides is 2. The van der Waals surface area contributed by atoms with Gasteiger partial charge in [-0.05, 0) is 61.6 Å². The number of rotatable bonds is 9. The Kier molecular flexibility index (Phi) is 7.42. The zero-order valence-corrected chi connectivity index (χ0v) is 21.2. The summed E-state index contributed by atoms with van der Waals surface area (Å²) in [6.07, 6.45) is 4.34. The van der Waals surface area contributed by atoms with Crippen molar-refractivity contribution in [3.8, 4) is 0 Å². The molecule has 36 heavy (non-hydrogen) atoms. The first-order chi connectivity index (χ1) is 17.4. The van der Waals surface area contributed by atoms with Gasteiger partial charge in [-0.2, -0.15) is 0 Å². The maximum absolute atomic E-state index is 12.5. The average molecular weight is 502 g/mol. The highest BCUT2D eigenvalue weighted by molar-refractivity contribution is 5.45. The van der Waals surface area contributed by atoms with Crippen LogP contribution in [0.15, 0.2) is 35.3 Å². The molecule has 2 aromatic heterocycles. The highest BCUT2D eigenvalue weighted by Gasteiger charge is 2.60. The molecule has 196 valence electrons. The normalized spacial score (nSPS) is 27.2. The third-order valence-corrected chi connectivity index (χ3v) is 8.48. The van der Waals surface area contributed by atoms with E-state index in [1.54, 1.807) is 0 Å². The number of pyridine rings is 2. The SMILES string of the molecule is CCc1ccc([C@@H]2CCC3(CC3N3CCN(c4ccc(C(NCC(F)F)OC)nc4)CC3)C2)[nH]c1=O. The van der Waals surface area contributed by atoms with E-state index in [1.165, 1.54) is 26.4 Å². The molecule has 4 atom stereocenters. The number of anilines is 1. The molecule has 3 aliphatic rings. The first-order valence-electron chi connectivity index (χ1n) is 13.1. The summed E-state index contributed by atoms with van der Waals surface area (Å²) in [6, 6.07) is 8.62. The summed E-state index contributed by atoms with van der Waals surface area (Å²) in [7, 11) is 1.48. The Labute approximate surface area is 211 Å². The van der Waals surface area contributed by atoms with E-state index in [-0.39, 0.29) is 5.56 Å². The molecule has 1 aliphatic heterocycles. The number of nitrogens with one attached hydrogen (secondary N) is 2. The standard InChI is InChI=1S/C27H37F2N5O2/c1-3-18-4-6-21(32-25(18)35)19-8-9-27(14-19)15-23(27)34-12-10-33(11-13-34)20-5-7-22(30-16-20)26(36-2)31-17-24(28)29/h4-7,16,19,23-24,26,31H,3,8-15,17H2,1-2H3,(H,32,35)/t19-,23?,26?,27?/m1/s1. The Morgan fingerprint density at radius 1 is 1.19 bits per heavy atom. The van der Waals surface area contributed by atoms with Gasteiger partial charge in [0.15, 0.2) is 6.23 Å². The number of ether oxygens (including phenoxy) is 1. The maximum atomic E-state index is 12.5. The topological polar surface area (TPSA) is 73.5 Å². The van der Waals surface area contributed by atoms with Gasteiger partial charge in [0.05, 0.1) is 24.1 Å². The summed E-state index contributed by atoms with van der Waals surface area (Å²) in [5.74, 6) is 0.464. The molecule has 0 radical (unpaired) electrons. The van der Waals surface area contributed by atoms with Gasteiger partial charge in [0.25, 0.3) is 12.0 Å². The second kappa shape index (κ2) is 10.6. The number of hydrogen-bond donors (Lipinski definition) is 2. The van der Waals surface area contributed by atoms with Crippen LogP contribution in [0.3, 0.4) is 0 Å². The van der Waals surface area contributed by atoms with Crippen molar-refractivity contribution >= 4 is 5.69 Å². The Bertz CT molecular complexity index is 1090. The highest BCUT2D eigenvalue weighted by atomic mass is 19.3. The number of nitrogens with zero attached hydrogens (tertiary/aromatic N) is 3. The van der Waals surface area contributed by atoms with Crippen molar-refractivity contribution in [2.75, 3.05) is 44.7 Å². The average Bonchev–Trinajstić information content (AvgIpc) is 3.43. The van der Waals surface area contributed by atoms with E-state index in [2.05, 4.69) is 31.2 Å². The summed E-state index contributed by atoms with van der Waals surface area (Å²) in [5, 5.41) is 2.68. The van der Waals surface area contributed by atoms with E-state index >= 15 is 0 Å². The molecule has 3 heterocycles. The van der Waals surface area contributed by atoms with Crippen molar-refractivity contribution in [3.05, 3.63) is 57.8 Å². The minimum Gasteiger partial charge on any atom is -0.368 e. The minimum atomic E-state index is -2.43. The van der Waals surface area contributed by atoms with E-state index in [0.29, 0.717) is 23.1 Å². The molecule has 3 unspecified atom stereocenters. The predicted octanol–water partition coefficient (Wildman–Crippen LogP) is 3.68. The van der Waals surface area contributed by atoms with Crippen LogP contribution in [0.25, 0.3) is 0 Å². The van der Waals surface area contributed by atoms with Crippen molar-refractivity contribution in [2.24, 2.45) is 5.41 Å². The third-order valence-electron chi connectivity index (χ3n) is 8.48. The van der Waals surface area contributed by atoms with E-state index in [0.717, 1.165) is 56.0 Å². The van der Waals surface area contributed by atoms with Gasteiger partial charge in [-0.3, -0.25) is 20.0 Å². The van der Waals surface area contributed by atoms with E-state index in [9.17, 15) is 13.6 Å². The minimum absolute atomic E-state index is 0.0732. The summed E-state index contributed by atoms with van der Waals surface area (Å²) in [4.78, 5) is 24.9. The second-order valence-corrected chi connectivity index (χ2v) is 10.5. The second-order valence-electron chi connectivity index (χ2n) is 10.5. The van der Waals surface area contributed by atoms with Crippen LogP contribution in [0, 0.1) is 5.41 Å². The van der Waals surface area contributed by atoms with E-state index < -0.39 is 19.2 Å². The lowest BCUT2D eigenvalue weighted by molar-refractivity contribution is 0.0476. The van der Waals surface area contributed by atoms with Crippen molar-refractivity contribution in [2.45, 2.75) is 63.6 Å². The summed E-state index contributed by atoms with van der Waals surface area (Å²) < 4.78 is 30.3. The first kappa shape index (κ1) is 25.3. The van der Waals surface area contributed by atoms with Gasteiger partial charge in [0, 0.05) is 50.6 Å². The zero-order valence-electron chi connectivity index (χ0n) is 21.2. The quantitative estimate of drug-likeness (QED) is 0.511. The summed E-state index contributed by atoms with van der Waals surface area (Å²) >= 11 is 0. The monoisotopic (exact) mass is 501 g/mol. The van der Waals surface area contributed by atoms with Gasteiger partial charge < -0.3 is 14.6 Å². The van der Waals surface area contributed by atoms with Crippen molar-refractivity contribution in [1.82, 2.24) is 20.2 Å². The molecule has 9 heteroatoms. The predicted molar refractivity (Wildman–Crippen MR) is 136 cm³/mol. The highest BCUT2D eigenvalue weighted by Crippen LogP contribution is 2.63. The summed E-state index contributed by atoms with van der Waals surface area (Å²) in [6.45, 7) is 5.52. The molecule has 1 spiro atoms. The maximum Gasteiger partial charge on any atom is 0.251 e. The van der Waals surface area contributed by atoms with Crippen LogP contribution in [0.5, 0.6) is 0 Å². The molecule has 0 aromatic carbocycles. The molecule has 5 rings (SSSR count). The molecule has 2 aromatic rings. The van der Waals surface area contributed by atoms with Crippen LogP contribution in [0.1, 0.15) is 61.7 Å². The number of aryl methyl sites for hydroxylation is 1. The molecule has 0 amide bonds. The van der Waals surface area contributed by atoms with Crippen molar-refractivity contribution < 1.29 is 13.5 Å². The number of piperazine rings is 1. The molecule has 7 nitrogen and oxygen atoms in total. The Balaban J connectivity index is 1.13. The number of aromatic amines is 1. The molecule has 0 bridgehead atoms. The fraction of sp³-hybridized carbons (Fsp3) is 0.630. The fourth-order valence-corrected chi connectivity index (χ4v) is 6.32. The first-order valence-corrected chi connectivity index (χ1v) is 13.1. The van der Waals surface area contributed by atoms with E-state index in [1.807, 2.05) is 31.3 Å².